The first-order valence-electron chi connectivity index (χ1n) is 3.79. The van der Waals surface area contributed by atoms with E-state index in [1.54, 1.807) is 0 Å². The van der Waals surface area contributed by atoms with Crippen LogP contribution in [0, 0.1) is 0 Å². The van der Waals surface area contributed by atoms with Gasteiger partial charge in [-0.25, -0.2) is 0 Å². The zero-order valence-corrected chi connectivity index (χ0v) is 5.93. The first kappa shape index (κ1) is 5.78. The van der Waals surface area contributed by atoms with Crippen molar-refractivity contribution in [2.24, 2.45) is 0 Å². The molecule has 1 N–H and O–H groups in total. The minimum Gasteiger partial charge on any atom is -0.361 e. The highest BCUT2D eigenvalue weighted by atomic mass is 14.7. The molecular weight excluding hydrogens is 122 g/mol. The molecule has 0 atom stereocenters. The van der Waals surface area contributed by atoms with Gasteiger partial charge in [0.2, 0.25) is 0 Å². The smallest absolute Gasteiger partial charge is 0.0409 e. The van der Waals surface area contributed by atoms with E-state index in [9.17, 15) is 0 Å². The van der Waals surface area contributed by atoms with E-state index in [4.69, 9.17) is 0 Å². The molecule has 1 nitrogen and oxygen atoms in total. The third-order valence-electron chi connectivity index (χ3n) is 1.98. The summed E-state index contributed by atoms with van der Waals surface area (Å²) in [5.74, 6) is 0. The van der Waals surface area contributed by atoms with Crippen LogP contribution in [0.5, 0.6) is 0 Å². The SMILES string of the molecule is C1=C(c2ccc[nH]2)CCC1. The van der Waals surface area contributed by atoms with Gasteiger partial charge in [-0.2, -0.15) is 0 Å². The molecule has 0 aromatic carbocycles. The molecule has 0 saturated heterocycles. The number of H-pyrrole nitrogens is 1. The Morgan fingerprint density at radius 1 is 1.40 bits per heavy atom. The molecule has 0 bridgehead atoms. The van der Waals surface area contributed by atoms with Crippen molar-refractivity contribution in [2.75, 3.05) is 0 Å². The molecule has 0 radical (unpaired) electrons. The van der Waals surface area contributed by atoms with Gasteiger partial charge in [0.1, 0.15) is 0 Å². The predicted octanol–water partition coefficient (Wildman–Crippen LogP) is 2.58. The highest BCUT2D eigenvalue weighted by Crippen LogP contribution is 2.25. The van der Waals surface area contributed by atoms with Gasteiger partial charge in [0.05, 0.1) is 0 Å². The van der Waals surface area contributed by atoms with E-state index in [1.165, 1.54) is 30.5 Å². The molecule has 0 fully saturated rings. The molecule has 0 amide bonds. The largest absolute Gasteiger partial charge is 0.361 e. The third-order valence-corrected chi connectivity index (χ3v) is 1.98. The van der Waals surface area contributed by atoms with E-state index >= 15 is 0 Å². The van der Waals surface area contributed by atoms with E-state index in [0.717, 1.165) is 0 Å². The number of aromatic amines is 1. The van der Waals surface area contributed by atoms with Gasteiger partial charge in [-0.1, -0.05) is 6.08 Å². The molecule has 0 aliphatic heterocycles. The number of nitrogens with one attached hydrogen (secondary N) is 1. The van der Waals surface area contributed by atoms with Crippen LogP contribution in [0.1, 0.15) is 25.0 Å². The van der Waals surface area contributed by atoms with Crippen molar-refractivity contribution in [3.8, 4) is 0 Å². The van der Waals surface area contributed by atoms with Crippen LogP contribution in [0.4, 0.5) is 0 Å². The zero-order chi connectivity index (χ0) is 6.81. The quantitative estimate of drug-likeness (QED) is 0.606. The summed E-state index contributed by atoms with van der Waals surface area (Å²) in [7, 11) is 0. The average molecular weight is 133 g/mol. The maximum atomic E-state index is 3.21. The molecule has 1 aromatic heterocycles. The lowest BCUT2D eigenvalue weighted by molar-refractivity contribution is 0.933. The molecule has 52 valence electrons. The van der Waals surface area contributed by atoms with Crippen LogP contribution in [-0.2, 0) is 0 Å². The number of hydrogen-bond donors (Lipinski definition) is 1. The predicted molar refractivity (Wildman–Crippen MR) is 42.6 cm³/mol. The van der Waals surface area contributed by atoms with Crippen LogP contribution in [0.3, 0.4) is 0 Å². The third kappa shape index (κ3) is 0.878. The van der Waals surface area contributed by atoms with E-state index in [2.05, 4.69) is 23.2 Å². The standard InChI is InChI=1S/C9H11N/c1-2-5-8(4-1)9-6-3-7-10-9/h3-4,6-7,10H,1-2,5H2. The minimum absolute atomic E-state index is 1.25. The molecular formula is C9H11N. The van der Waals surface area contributed by atoms with Gasteiger partial charge in [0.15, 0.2) is 0 Å². The summed E-state index contributed by atoms with van der Waals surface area (Å²) in [4.78, 5) is 3.21. The lowest BCUT2D eigenvalue weighted by atomic mass is 10.2. The Morgan fingerprint density at radius 2 is 2.40 bits per heavy atom. The Hall–Kier alpha value is -0.980. The molecule has 1 aromatic rings. The van der Waals surface area contributed by atoms with Crippen LogP contribution in [0.25, 0.3) is 5.57 Å². The summed E-state index contributed by atoms with van der Waals surface area (Å²) in [6, 6.07) is 4.19. The van der Waals surface area contributed by atoms with Gasteiger partial charge in [-0.05, 0) is 37.0 Å². The van der Waals surface area contributed by atoms with Crippen molar-refractivity contribution in [3.63, 3.8) is 0 Å². The van der Waals surface area contributed by atoms with E-state index in [0.29, 0.717) is 0 Å². The van der Waals surface area contributed by atoms with Gasteiger partial charge >= 0.3 is 0 Å². The second kappa shape index (κ2) is 2.33. The number of hydrogen-bond acceptors (Lipinski definition) is 0. The van der Waals surface area contributed by atoms with Crippen LogP contribution in [0.15, 0.2) is 24.4 Å². The summed E-state index contributed by atoms with van der Waals surface area (Å²) in [6.07, 6.45) is 8.14. The van der Waals surface area contributed by atoms with Gasteiger partial charge < -0.3 is 4.98 Å². The summed E-state index contributed by atoms with van der Waals surface area (Å²) in [5.41, 5.74) is 2.79. The molecule has 0 saturated carbocycles. The fourth-order valence-corrected chi connectivity index (χ4v) is 1.45. The summed E-state index contributed by atoms with van der Waals surface area (Å²) in [6.45, 7) is 0. The molecule has 1 heterocycles. The highest BCUT2D eigenvalue weighted by molar-refractivity contribution is 5.64. The molecule has 0 spiro atoms. The Kier molecular flexibility index (Phi) is 1.35. The van der Waals surface area contributed by atoms with Crippen LogP contribution in [0.2, 0.25) is 0 Å². The van der Waals surface area contributed by atoms with Crippen molar-refractivity contribution in [1.82, 2.24) is 4.98 Å². The van der Waals surface area contributed by atoms with Crippen molar-refractivity contribution in [3.05, 3.63) is 30.1 Å². The second-order valence-corrected chi connectivity index (χ2v) is 2.71. The van der Waals surface area contributed by atoms with Crippen molar-refractivity contribution >= 4 is 5.57 Å². The molecule has 10 heavy (non-hydrogen) atoms. The first-order valence-corrected chi connectivity index (χ1v) is 3.79. The van der Waals surface area contributed by atoms with E-state index < -0.39 is 0 Å². The first-order chi connectivity index (χ1) is 4.97. The second-order valence-electron chi connectivity index (χ2n) is 2.71. The minimum atomic E-state index is 1.25. The Bertz CT molecular complexity index is 231. The number of allylic oxidation sites excluding steroid dienone is 2. The lowest BCUT2D eigenvalue weighted by Gasteiger charge is -1.94. The van der Waals surface area contributed by atoms with Crippen LogP contribution < -0.4 is 0 Å². The fourth-order valence-electron chi connectivity index (χ4n) is 1.45. The summed E-state index contributed by atoms with van der Waals surface area (Å²) < 4.78 is 0. The monoisotopic (exact) mass is 133 g/mol. The summed E-state index contributed by atoms with van der Waals surface area (Å²) in [5, 5.41) is 0. The summed E-state index contributed by atoms with van der Waals surface area (Å²) >= 11 is 0. The van der Waals surface area contributed by atoms with Gasteiger partial charge in [-0.15, -0.1) is 0 Å². The molecule has 2 rings (SSSR count). The van der Waals surface area contributed by atoms with Gasteiger partial charge in [0.25, 0.3) is 0 Å². The topological polar surface area (TPSA) is 15.8 Å². The highest BCUT2D eigenvalue weighted by Gasteiger charge is 2.05. The Balaban J connectivity index is 2.28. The van der Waals surface area contributed by atoms with Crippen LogP contribution >= 0.6 is 0 Å². The van der Waals surface area contributed by atoms with E-state index in [1.807, 2.05) is 6.20 Å². The molecule has 1 heteroatoms. The zero-order valence-electron chi connectivity index (χ0n) is 5.93. The van der Waals surface area contributed by atoms with E-state index in [-0.39, 0.29) is 0 Å². The average Bonchev–Trinajstić information content (AvgIpc) is 2.59. The number of rotatable bonds is 1. The van der Waals surface area contributed by atoms with Crippen LogP contribution in [-0.4, -0.2) is 4.98 Å². The molecule has 0 unspecified atom stereocenters. The Labute approximate surface area is 60.8 Å². The number of aromatic nitrogens is 1. The lowest BCUT2D eigenvalue weighted by Crippen LogP contribution is -1.77. The normalized spacial score (nSPS) is 17.4. The molecule has 1 aliphatic rings. The van der Waals surface area contributed by atoms with Crippen molar-refractivity contribution in [2.45, 2.75) is 19.3 Å². The van der Waals surface area contributed by atoms with Gasteiger partial charge in [0, 0.05) is 11.9 Å². The molecule has 1 aliphatic carbocycles. The van der Waals surface area contributed by atoms with Crippen molar-refractivity contribution < 1.29 is 0 Å². The van der Waals surface area contributed by atoms with Gasteiger partial charge in [-0.3, -0.25) is 0 Å². The fraction of sp³-hybridized carbons (Fsp3) is 0.333. The Morgan fingerprint density at radius 3 is 3.00 bits per heavy atom. The van der Waals surface area contributed by atoms with Crippen molar-refractivity contribution in [1.29, 1.82) is 0 Å². The maximum Gasteiger partial charge on any atom is 0.0409 e. The maximum absolute atomic E-state index is 3.21.